The molecule has 27 heavy (non-hydrogen) atoms. The van der Waals surface area contributed by atoms with Crippen LogP contribution in [0.5, 0.6) is 5.75 Å². The van der Waals surface area contributed by atoms with Gasteiger partial charge in [-0.05, 0) is 24.1 Å². The van der Waals surface area contributed by atoms with Crippen LogP contribution in [-0.4, -0.2) is 52.1 Å². The Morgan fingerprint density at radius 3 is 2.85 bits per heavy atom. The molecule has 7 heteroatoms. The van der Waals surface area contributed by atoms with Gasteiger partial charge in [0.25, 0.3) is 0 Å². The number of carbonyl (C=O) groups is 1. The van der Waals surface area contributed by atoms with E-state index in [-0.39, 0.29) is 5.91 Å². The summed E-state index contributed by atoms with van der Waals surface area (Å²) in [6, 6.07) is 11.8. The van der Waals surface area contributed by atoms with Crippen molar-refractivity contribution in [2.45, 2.75) is 19.9 Å². The largest absolute Gasteiger partial charge is 0.497 e. The van der Waals surface area contributed by atoms with Crippen LogP contribution in [0.15, 0.2) is 42.6 Å². The number of rotatable bonds is 5. The van der Waals surface area contributed by atoms with E-state index in [1.807, 2.05) is 45.8 Å². The standard InChI is InChI=1S/C20H23N5O2/c1-3-16-12-19(25-18(22-16)7-8-21-25)23-9-10-24(20(26)14-23)13-15-5-4-6-17(11-15)27-2/h4-8,11-12H,3,9-10,13-14H2,1-2H3. The molecule has 3 aromatic rings. The van der Waals surface area contributed by atoms with Crippen molar-refractivity contribution in [2.75, 3.05) is 31.6 Å². The fourth-order valence-electron chi connectivity index (χ4n) is 3.42. The van der Waals surface area contributed by atoms with Crippen molar-refractivity contribution in [2.24, 2.45) is 0 Å². The first-order valence-corrected chi connectivity index (χ1v) is 9.17. The van der Waals surface area contributed by atoms with Crippen LogP contribution in [-0.2, 0) is 17.8 Å². The van der Waals surface area contributed by atoms with Crippen molar-refractivity contribution >= 4 is 17.4 Å². The molecule has 0 atom stereocenters. The summed E-state index contributed by atoms with van der Waals surface area (Å²) in [5.74, 6) is 1.85. The maximum absolute atomic E-state index is 12.8. The molecule has 140 valence electrons. The quantitative estimate of drug-likeness (QED) is 0.693. The first kappa shape index (κ1) is 17.3. The lowest BCUT2D eigenvalue weighted by Crippen LogP contribution is -2.50. The molecular formula is C20H23N5O2. The smallest absolute Gasteiger partial charge is 0.242 e. The summed E-state index contributed by atoms with van der Waals surface area (Å²) in [6.07, 6.45) is 2.59. The van der Waals surface area contributed by atoms with Crippen molar-refractivity contribution in [3.8, 4) is 5.75 Å². The molecule has 4 rings (SSSR count). The zero-order valence-corrected chi connectivity index (χ0v) is 15.6. The van der Waals surface area contributed by atoms with Gasteiger partial charge in [-0.15, -0.1) is 0 Å². The van der Waals surface area contributed by atoms with Crippen LogP contribution in [0.3, 0.4) is 0 Å². The van der Waals surface area contributed by atoms with Gasteiger partial charge in [0.2, 0.25) is 5.91 Å². The van der Waals surface area contributed by atoms with Crippen LogP contribution >= 0.6 is 0 Å². The highest BCUT2D eigenvalue weighted by atomic mass is 16.5. The molecule has 0 aliphatic carbocycles. The molecule has 0 saturated carbocycles. The average molecular weight is 365 g/mol. The zero-order chi connectivity index (χ0) is 18.8. The number of carbonyl (C=O) groups excluding carboxylic acids is 1. The second-order valence-corrected chi connectivity index (χ2v) is 6.65. The monoisotopic (exact) mass is 365 g/mol. The second-order valence-electron chi connectivity index (χ2n) is 6.65. The SMILES string of the molecule is CCc1cc(N2CCN(Cc3cccc(OC)c3)C(=O)C2)n2nccc2n1. The molecule has 0 N–H and O–H groups in total. The number of hydrogen-bond acceptors (Lipinski definition) is 5. The van der Waals surface area contributed by atoms with E-state index in [1.165, 1.54) is 0 Å². The number of amides is 1. The second kappa shape index (κ2) is 7.26. The fourth-order valence-corrected chi connectivity index (χ4v) is 3.42. The predicted molar refractivity (Wildman–Crippen MR) is 103 cm³/mol. The molecule has 1 fully saturated rings. The summed E-state index contributed by atoms with van der Waals surface area (Å²) < 4.78 is 7.08. The predicted octanol–water partition coefficient (Wildman–Crippen LogP) is 2.15. The highest BCUT2D eigenvalue weighted by molar-refractivity contribution is 5.82. The maximum atomic E-state index is 12.8. The summed E-state index contributed by atoms with van der Waals surface area (Å²) in [7, 11) is 1.65. The Balaban J connectivity index is 1.52. The minimum absolute atomic E-state index is 0.110. The van der Waals surface area contributed by atoms with Crippen molar-refractivity contribution < 1.29 is 9.53 Å². The van der Waals surface area contributed by atoms with E-state index in [2.05, 4.69) is 21.9 Å². The lowest BCUT2D eigenvalue weighted by molar-refractivity contribution is -0.131. The summed E-state index contributed by atoms with van der Waals surface area (Å²) in [6.45, 7) is 4.44. The Labute approximate surface area is 158 Å². The summed E-state index contributed by atoms with van der Waals surface area (Å²) in [5, 5.41) is 4.37. The Morgan fingerprint density at radius 1 is 1.19 bits per heavy atom. The third kappa shape index (κ3) is 3.45. The molecule has 1 saturated heterocycles. The van der Waals surface area contributed by atoms with E-state index in [0.717, 1.165) is 41.4 Å². The van der Waals surface area contributed by atoms with Gasteiger partial charge in [-0.3, -0.25) is 4.79 Å². The van der Waals surface area contributed by atoms with E-state index in [1.54, 1.807) is 13.3 Å². The van der Waals surface area contributed by atoms with E-state index in [4.69, 9.17) is 4.74 Å². The molecule has 3 heterocycles. The molecule has 1 aromatic carbocycles. The Morgan fingerprint density at radius 2 is 2.07 bits per heavy atom. The molecule has 0 radical (unpaired) electrons. The molecule has 1 aliphatic rings. The third-order valence-electron chi connectivity index (χ3n) is 4.91. The number of benzene rings is 1. The Hall–Kier alpha value is -3.09. The number of hydrogen-bond donors (Lipinski definition) is 0. The summed E-state index contributed by atoms with van der Waals surface area (Å²) in [4.78, 5) is 21.3. The number of fused-ring (bicyclic) bond motifs is 1. The summed E-state index contributed by atoms with van der Waals surface area (Å²) >= 11 is 0. The van der Waals surface area contributed by atoms with Gasteiger partial charge in [0, 0.05) is 37.5 Å². The van der Waals surface area contributed by atoms with Crippen LogP contribution in [0, 0.1) is 0 Å². The van der Waals surface area contributed by atoms with Gasteiger partial charge >= 0.3 is 0 Å². The lowest BCUT2D eigenvalue weighted by atomic mass is 10.2. The van der Waals surface area contributed by atoms with Crippen LogP contribution in [0.25, 0.3) is 5.65 Å². The average Bonchev–Trinajstić information content (AvgIpc) is 3.17. The molecule has 0 bridgehead atoms. The van der Waals surface area contributed by atoms with E-state index >= 15 is 0 Å². The molecule has 0 unspecified atom stereocenters. The minimum Gasteiger partial charge on any atom is -0.497 e. The molecule has 0 spiro atoms. The molecule has 1 amide bonds. The van der Waals surface area contributed by atoms with Gasteiger partial charge < -0.3 is 14.5 Å². The van der Waals surface area contributed by atoms with Crippen molar-refractivity contribution in [1.82, 2.24) is 19.5 Å². The Kier molecular flexibility index (Phi) is 4.66. The van der Waals surface area contributed by atoms with E-state index in [0.29, 0.717) is 19.6 Å². The van der Waals surface area contributed by atoms with Gasteiger partial charge in [-0.2, -0.15) is 9.61 Å². The van der Waals surface area contributed by atoms with Gasteiger partial charge in [0.15, 0.2) is 5.65 Å². The topological polar surface area (TPSA) is 63.0 Å². The first-order valence-electron chi connectivity index (χ1n) is 9.17. The van der Waals surface area contributed by atoms with Gasteiger partial charge in [0.05, 0.1) is 19.9 Å². The Bertz CT molecular complexity index is 968. The highest BCUT2D eigenvalue weighted by Gasteiger charge is 2.26. The van der Waals surface area contributed by atoms with Crippen molar-refractivity contribution in [3.63, 3.8) is 0 Å². The summed E-state index contributed by atoms with van der Waals surface area (Å²) in [5.41, 5.74) is 2.89. The third-order valence-corrected chi connectivity index (χ3v) is 4.91. The lowest BCUT2D eigenvalue weighted by Gasteiger charge is -2.35. The molecule has 1 aliphatic heterocycles. The number of aryl methyl sites for hydroxylation is 1. The maximum Gasteiger partial charge on any atom is 0.242 e. The van der Waals surface area contributed by atoms with Gasteiger partial charge in [-0.1, -0.05) is 19.1 Å². The number of ether oxygens (including phenoxy) is 1. The molecular weight excluding hydrogens is 342 g/mol. The number of aromatic nitrogens is 3. The van der Waals surface area contributed by atoms with Gasteiger partial charge in [-0.25, -0.2) is 4.98 Å². The van der Waals surface area contributed by atoms with Crippen LogP contribution in [0.1, 0.15) is 18.2 Å². The van der Waals surface area contributed by atoms with E-state index in [9.17, 15) is 4.79 Å². The number of nitrogens with zero attached hydrogens (tertiary/aromatic N) is 5. The number of anilines is 1. The molecule has 7 nitrogen and oxygen atoms in total. The van der Waals surface area contributed by atoms with Gasteiger partial charge in [0.1, 0.15) is 11.6 Å². The first-order chi connectivity index (χ1) is 13.2. The fraction of sp³-hybridized carbons (Fsp3) is 0.350. The van der Waals surface area contributed by atoms with Crippen molar-refractivity contribution in [1.29, 1.82) is 0 Å². The molecule has 2 aromatic heterocycles. The minimum atomic E-state index is 0.110. The number of methoxy groups -OCH3 is 1. The van der Waals surface area contributed by atoms with Crippen LogP contribution in [0.2, 0.25) is 0 Å². The van der Waals surface area contributed by atoms with Crippen LogP contribution in [0.4, 0.5) is 5.82 Å². The zero-order valence-electron chi connectivity index (χ0n) is 15.6. The van der Waals surface area contributed by atoms with Crippen molar-refractivity contribution in [3.05, 3.63) is 53.9 Å². The number of piperazine rings is 1. The highest BCUT2D eigenvalue weighted by Crippen LogP contribution is 2.21. The van der Waals surface area contributed by atoms with E-state index < -0.39 is 0 Å². The normalized spacial score (nSPS) is 14.8. The van der Waals surface area contributed by atoms with Crippen LogP contribution < -0.4 is 9.64 Å².